The van der Waals surface area contributed by atoms with E-state index in [0.29, 0.717) is 0 Å². The van der Waals surface area contributed by atoms with Gasteiger partial charge in [0.2, 0.25) is 0 Å². The maximum atomic E-state index is 4.70. The van der Waals surface area contributed by atoms with E-state index in [1.807, 2.05) is 66.5 Å². The molecule has 0 amide bonds. The van der Waals surface area contributed by atoms with Crippen molar-refractivity contribution in [1.29, 1.82) is 0 Å². The molecule has 0 atom stereocenters. The van der Waals surface area contributed by atoms with Crippen molar-refractivity contribution >= 4 is 31.5 Å². The van der Waals surface area contributed by atoms with Crippen molar-refractivity contribution in [3.8, 4) is 55.9 Å². The van der Waals surface area contributed by atoms with Crippen LogP contribution >= 0.6 is 11.3 Å². The van der Waals surface area contributed by atoms with Gasteiger partial charge in [-0.3, -0.25) is 15.0 Å². The van der Waals surface area contributed by atoms with Gasteiger partial charge >= 0.3 is 0 Å². The molecule has 0 spiro atoms. The molecule has 0 aliphatic carbocycles. The van der Waals surface area contributed by atoms with Gasteiger partial charge in [0.1, 0.15) is 0 Å². The number of benzene rings is 4. The van der Waals surface area contributed by atoms with E-state index in [-0.39, 0.29) is 0 Å². The molecule has 43 heavy (non-hydrogen) atoms. The van der Waals surface area contributed by atoms with E-state index in [9.17, 15) is 0 Å². The van der Waals surface area contributed by atoms with E-state index in [0.717, 1.165) is 50.3 Å². The van der Waals surface area contributed by atoms with Crippen LogP contribution in [-0.4, -0.2) is 15.0 Å². The minimum atomic E-state index is 0.967. The predicted molar refractivity (Wildman–Crippen MR) is 180 cm³/mol. The molecule has 8 aromatic rings. The van der Waals surface area contributed by atoms with Crippen molar-refractivity contribution in [2.24, 2.45) is 0 Å². The summed E-state index contributed by atoms with van der Waals surface area (Å²) < 4.78 is 2.54. The minimum absolute atomic E-state index is 0.967. The van der Waals surface area contributed by atoms with Crippen LogP contribution in [0.2, 0.25) is 0 Å². The Morgan fingerprint density at radius 2 is 1.05 bits per heavy atom. The molecule has 4 aromatic carbocycles. The van der Waals surface area contributed by atoms with Gasteiger partial charge < -0.3 is 0 Å². The monoisotopic (exact) mass is 567 g/mol. The second-order valence-electron chi connectivity index (χ2n) is 10.5. The normalized spacial score (nSPS) is 11.3. The summed E-state index contributed by atoms with van der Waals surface area (Å²) in [6.07, 6.45) is 7.60. The first-order valence-corrected chi connectivity index (χ1v) is 15.1. The first kappa shape index (κ1) is 25.3. The third kappa shape index (κ3) is 4.78. The van der Waals surface area contributed by atoms with Crippen LogP contribution in [0.15, 0.2) is 152 Å². The van der Waals surface area contributed by atoms with E-state index in [1.54, 1.807) is 0 Å². The molecule has 0 saturated heterocycles. The number of aromatic nitrogens is 3. The molecule has 0 radical (unpaired) electrons. The fourth-order valence-corrected chi connectivity index (χ4v) is 6.89. The van der Waals surface area contributed by atoms with Gasteiger partial charge in [-0.1, -0.05) is 72.8 Å². The predicted octanol–water partition coefficient (Wildman–Crippen LogP) is 10.6. The van der Waals surface area contributed by atoms with Gasteiger partial charge in [-0.05, 0) is 76.9 Å². The average molecular weight is 568 g/mol. The SMILES string of the molecule is c1ccc(-c2cccc(-c3ccccc3-c3cncc(-c4ccc5sc6cc(-c7ccccn7)ccc6c5c4)c3)c2)nc1. The fraction of sp³-hybridized carbons (Fsp3) is 0. The van der Waals surface area contributed by atoms with E-state index >= 15 is 0 Å². The number of hydrogen-bond donors (Lipinski definition) is 0. The Morgan fingerprint density at radius 3 is 1.81 bits per heavy atom. The summed E-state index contributed by atoms with van der Waals surface area (Å²) in [6.45, 7) is 0. The van der Waals surface area contributed by atoms with Crippen LogP contribution < -0.4 is 0 Å². The van der Waals surface area contributed by atoms with Gasteiger partial charge in [-0.2, -0.15) is 0 Å². The van der Waals surface area contributed by atoms with Crippen LogP contribution in [0.4, 0.5) is 0 Å². The summed E-state index contributed by atoms with van der Waals surface area (Å²) >= 11 is 1.83. The Balaban J connectivity index is 1.18. The van der Waals surface area contributed by atoms with Crippen LogP contribution in [0, 0.1) is 0 Å². The largest absolute Gasteiger partial charge is 0.263 e. The lowest BCUT2D eigenvalue weighted by Crippen LogP contribution is -1.89. The van der Waals surface area contributed by atoms with Crippen molar-refractivity contribution in [2.45, 2.75) is 0 Å². The van der Waals surface area contributed by atoms with Crippen molar-refractivity contribution in [1.82, 2.24) is 15.0 Å². The number of rotatable bonds is 5. The zero-order chi connectivity index (χ0) is 28.6. The number of hydrogen-bond acceptors (Lipinski definition) is 4. The molecular formula is C39H25N3S. The molecule has 4 aromatic heterocycles. The summed E-state index contributed by atoms with van der Waals surface area (Å²) in [5.41, 5.74) is 11.0. The number of pyridine rings is 3. The van der Waals surface area contributed by atoms with Gasteiger partial charge in [-0.15, -0.1) is 11.3 Å². The molecular weight excluding hydrogens is 543 g/mol. The zero-order valence-electron chi connectivity index (χ0n) is 23.2. The molecule has 4 heterocycles. The lowest BCUT2D eigenvalue weighted by Gasteiger charge is -2.12. The first-order chi connectivity index (χ1) is 21.3. The van der Waals surface area contributed by atoms with Gasteiger partial charge in [-0.25, -0.2) is 0 Å². The van der Waals surface area contributed by atoms with Crippen LogP contribution in [-0.2, 0) is 0 Å². The zero-order valence-corrected chi connectivity index (χ0v) is 24.0. The van der Waals surface area contributed by atoms with Crippen LogP contribution in [0.5, 0.6) is 0 Å². The third-order valence-electron chi connectivity index (χ3n) is 7.88. The fourth-order valence-electron chi connectivity index (χ4n) is 5.76. The molecule has 0 aliphatic heterocycles. The summed E-state index contributed by atoms with van der Waals surface area (Å²) in [5.74, 6) is 0. The average Bonchev–Trinajstić information content (AvgIpc) is 3.46. The molecule has 202 valence electrons. The maximum absolute atomic E-state index is 4.70. The summed E-state index contributed by atoms with van der Waals surface area (Å²) in [4.78, 5) is 13.8. The quantitative estimate of drug-likeness (QED) is 0.208. The summed E-state index contributed by atoms with van der Waals surface area (Å²) in [7, 11) is 0. The highest BCUT2D eigenvalue weighted by molar-refractivity contribution is 7.25. The highest BCUT2D eigenvalue weighted by Crippen LogP contribution is 2.39. The lowest BCUT2D eigenvalue weighted by atomic mass is 9.93. The highest BCUT2D eigenvalue weighted by atomic mass is 32.1. The number of nitrogens with zero attached hydrogens (tertiary/aromatic N) is 3. The molecule has 4 heteroatoms. The Morgan fingerprint density at radius 1 is 0.395 bits per heavy atom. The molecule has 0 fully saturated rings. The molecule has 0 unspecified atom stereocenters. The van der Waals surface area contributed by atoms with Gasteiger partial charge in [0.25, 0.3) is 0 Å². The number of thiophene rings is 1. The Bertz CT molecular complexity index is 2240. The summed E-state index contributed by atoms with van der Waals surface area (Å²) in [6, 6.07) is 44.9. The van der Waals surface area contributed by atoms with Crippen LogP contribution in [0.3, 0.4) is 0 Å². The molecule has 0 bridgehead atoms. The minimum Gasteiger partial charge on any atom is -0.263 e. The Labute approximate surface area is 253 Å². The van der Waals surface area contributed by atoms with E-state index in [1.165, 1.54) is 25.7 Å². The highest BCUT2D eigenvalue weighted by Gasteiger charge is 2.12. The van der Waals surface area contributed by atoms with Crippen molar-refractivity contribution < 1.29 is 0 Å². The standard InChI is InChI=1S/C39H25N3S/c1-2-11-33(32(10-1)27-8-7-9-28(20-27)36-12-3-5-18-41-36)31-21-30(24-40-25-31)26-15-17-38-35(22-26)34-16-14-29(23-39(34)43-38)37-13-4-6-19-42-37/h1-25H. The van der Waals surface area contributed by atoms with Crippen LogP contribution in [0.1, 0.15) is 0 Å². The van der Waals surface area contributed by atoms with E-state index < -0.39 is 0 Å². The molecule has 0 aliphatic rings. The smallest absolute Gasteiger partial charge is 0.0702 e. The van der Waals surface area contributed by atoms with Crippen molar-refractivity contribution in [3.05, 3.63) is 152 Å². The first-order valence-electron chi connectivity index (χ1n) is 14.2. The Kier molecular flexibility index (Phi) is 6.32. The lowest BCUT2D eigenvalue weighted by molar-refractivity contribution is 1.32. The van der Waals surface area contributed by atoms with E-state index in [2.05, 4.69) is 107 Å². The molecule has 8 rings (SSSR count). The van der Waals surface area contributed by atoms with Gasteiger partial charge in [0.05, 0.1) is 11.4 Å². The van der Waals surface area contributed by atoms with Crippen molar-refractivity contribution in [2.75, 3.05) is 0 Å². The summed E-state index contributed by atoms with van der Waals surface area (Å²) in [5, 5.41) is 2.53. The third-order valence-corrected chi connectivity index (χ3v) is 9.01. The molecule has 3 nitrogen and oxygen atoms in total. The van der Waals surface area contributed by atoms with Crippen molar-refractivity contribution in [3.63, 3.8) is 0 Å². The van der Waals surface area contributed by atoms with Gasteiger partial charge in [0, 0.05) is 67.2 Å². The molecule has 0 saturated carbocycles. The van der Waals surface area contributed by atoms with Gasteiger partial charge in [0.15, 0.2) is 0 Å². The van der Waals surface area contributed by atoms with Crippen LogP contribution in [0.25, 0.3) is 76.1 Å². The second-order valence-corrected chi connectivity index (χ2v) is 11.6. The topological polar surface area (TPSA) is 38.7 Å². The molecule has 0 N–H and O–H groups in total. The maximum Gasteiger partial charge on any atom is 0.0702 e. The van der Waals surface area contributed by atoms with E-state index in [4.69, 9.17) is 4.98 Å². The Hall–Kier alpha value is -5.45. The second kappa shape index (κ2) is 10.8. The number of fused-ring (bicyclic) bond motifs is 3.